The molecule has 18 heavy (non-hydrogen) atoms. The first-order valence-corrected chi connectivity index (χ1v) is 5.63. The summed E-state index contributed by atoms with van der Waals surface area (Å²) >= 11 is 0. The lowest BCUT2D eigenvalue weighted by Gasteiger charge is -2.08. The van der Waals surface area contributed by atoms with Gasteiger partial charge in [-0.25, -0.2) is 5.84 Å². The fraction of sp³-hybridized carbons (Fsp3) is 0.700. The Morgan fingerprint density at radius 1 is 1.17 bits per heavy atom. The van der Waals surface area contributed by atoms with E-state index in [1.807, 2.05) is 0 Å². The summed E-state index contributed by atoms with van der Waals surface area (Å²) < 4.78 is 15.6. The van der Waals surface area contributed by atoms with Gasteiger partial charge in [0.15, 0.2) is 0 Å². The summed E-state index contributed by atoms with van der Waals surface area (Å²) in [5, 5.41) is 0. The lowest BCUT2D eigenvalue weighted by atomic mass is 10.2. The number of ether oxygens (including phenoxy) is 3. The second-order valence-electron chi connectivity index (χ2n) is 3.89. The van der Waals surface area contributed by atoms with Gasteiger partial charge in [-0.1, -0.05) is 13.8 Å². The van der Waals surface area contributed by atoms with Crippen molar-refractivity contribution in [3.8, 4) is 12.0 Å². The Labute approximate surface area is 106 Å². The van der Waals surface area contributed by atoms with Crippen molar-refractivity contribution in [2.45, 2.75) is 13.8 Å². The minimum absolute atomic E-state index is 0.135. The summed E-state index contributed by atoms with van der Waals surface area (Å²) in [6.07, 6.45) is 0. The van der Waals surface area contributed by atoms with Gasteiger partial charge in [-0.15, -0.1) is 4.98 Å². The molecule has 1 aromatic heterocycles. The highest BCUT2D eigenvalue weighted by molar-refractivity contribution is 5.25. The molecule has 0 atom stereocenters. The quantitative estimate of drug-likeness (QED) is 0.387. The van der Waals surface area contributed by atoms with Crippen LogP contribution in [0.4, 0.5) is 5.95 Å². The van der Waals surface area contributed by atoms with E-state index in [1.54, 1.807) is 0 Å². The SMILES string of the molecule is COc1nc(NN)nc(OCCOCC(C)C)n1. The molecule has 0 spiro atoms. The Morgan fingerprint density at radius 3 is 2.50 bits per heavy atom. The first kappa shape index (κ1) is 14.4. The van der Waals surface area contributed by atoms with Gasteiger partial charge >= 0.3 is 12.0 Å². The Kier molecular flexibility index (Phi) is 6.09. The van der Waals surface area contributed by atoms with Crippen molar-refractivity contribution in [2.24, 2.45) is 11.8 Å². The van der Waals surface area contributed by atoms with Gasteiger partial charge in [-0.3, -0.25) is 5.43 Å². The smallest absolute Gasteiger partial charge is 0.324 e. The van der Waals surface area contributed by atoms with E-state index in [-0.39, 0.29) is 18.0 Å². The van der Waals surface area contributed by atoms with E-state index in [1.165, 1.54) is 7.11 Å². The molecule has 102 valence electrons. The lowest BCUT2D eigenvalue weighted by molar-refractivity contribution is 0.0789. The van der Waals surface area contributed by atoms with E-state index in [9.17, 15) is 0 Å². The normalized spacial score (nSPS) is 10.5. The largest absolute Gasteiger partial charge is 0.467 e. The topological polar surface area (TPSA) is 104 Å². The fourth-order valence-electron chi connectivity index (χ4n) is 1.07. The van der Waals surface area contributed by atoms with Gasteiger partial charge in [-0.2, -0.15) is 9.97 Å². The van der Waals surface area contributed by atoms with Gasteiger partial charge in [0.25, 0.3) is 0 Å². The van der Waals surface area contributed by atoms with Crippen LogP contribution in [0, 0.1) is 5.92 Å². The van der Waals surface area contributed by atoms with E-state index < -0.39 is 0 Å². The number of nitrogens with one attached hydrogen (secondary N) is 1. The monoisotopic (exact) mass is 257 g/mol. The number of hydrazine groups is 1. The Balaban J connectivity index is 2.41. The maximum absolute atomic E-state index is 5.36. The van der Waals surface area contributed by atoms with Gasteiger partial charge in [0.2, 0.25) is 5.95 Å². The van der Waals surface area contributed by atoms with Crippen molar-refractivity contribution in [3.05, 3.63) is 0 Å². The molecule has 1 aromatic rings. The van der Waals surface area contributed by atoms with Gasteiger partial charge in [0, 0.05) is 6.61 Å². The molecule has 0 unspecified atom stereocenters. The third-order valence-corrected chi connectivity index (χ3v) is 1.82. The van der Waals surface area contributed by atoms with Crippen LogP contribution in [0.5, 0.6) is 12.0 Å². The van der Waals surface area contributed by atoms with Crippen LogP contribution in [-0.4, -0.2) is 41.9 Å². The molecule has 3 N–H and O–H groups in total. The average Bonchev–Trinajstić information content (AvgIpc) is 2.37. The molecule has 0 radical (unpaired) electrons. The molecule has 0 bridgehead atoms. The number of aromatic nitrogens is 3. The first-order chi connectivity index (χ1) is 8.65. The van der Waals surface area contributed by atoms with Crippen LogP contribution in [0.25, 0.3) is 0 Å². The minimum Gasteiger partial charge on any atom is -0.467 e. The predicted octanol–water partition coefficient (Wildman–Crippen LogP) is 0.217. The van der Waals surface area contributed by atoms with Gasteiger partial charge in [0.1, 0.15) is 6.61 Å². The van der Waals surface area contributed by atoms with Gasteiger partial charge in [-0.05, 0) is 5.92 Å². The molecule has 0 amide bonds. The highest BCUT2D eigenvalue weighted by Gasteiger charge is 2.06. The molecule has 0 aromatic carbocycles. The molecule has 1 rings (SSSR count). The van der Waals surface area contributed by atoms with E-state index in [0.717, 1.165) is 0 Å². The maximum atomic E-state index is 5.36. The third kappa shape index (κ3) is 5.11. The van der Waals surface area contributed by atoms with Crippen molar-refractivity contribution in [1.29, 1.82) is 0 Å². The number of methoxy groups -OCH3 is 1. The van der Waals surface area contributed by atoms with Gasteiger partial charge in [0.05, 0.1) is 13.7 Å². The van der Waals surface area contributed by atoms with Crippen LogP contribution in [0.2, 0.25) is 0 Å². The molecule has 8 heteroatoms. The van der Waals surface area contributed by atoms with Crippen molar-refractivity contribution in [1.82, 2.24) is 15.0 Å². The summed E-state index contributed by atoms with van der Waals surface area (Å²) in [6.45, 7) is 5.68. The number of hydrogen-bond acceptors (Lipinski definition) is 8. The molecule has 0 fully saturated rings. The highest BCUT2D eigenvalue weighted by Crippen LogP contribution is 2.11. The molecule has 0 saturated carbocycles. The number of nitrogens with zero attached hydrogens (tertiary/aromatic N) is 3. The Bertz CT molecular complexity index is 339. The van der Waals surface area contributed by atoms with E-state index in [0.29, 0.717) is 25.7 Å². The molecule has 0 aliphatic heterocycles. The van der Waals surface area contributed by atoms with Gasteiger partial charge < -0.3 is 14.2 Å². The van der Waals surface area contributed by atoms with Crippen molar-refractivity contribution < 1.29 is 14.2 Å². The molecule has 0 aliphatic carbocycles. The van der Waals surface area contributed by atoms with Crippen molar-refractivity contribution in [2.75, 3.05) is 32.4 Å². The average molecular weight is 257 g/mol. The fourth-order valence-corrected chi connectivity index (χ4v) is 1.07. The molecule has 8 nitrogen and oxygen atoms in total. The van der Waals surface area contributed by atoms with Crippen LogP contribution in [-0.2, 0) is 4.74 Å². The predicted molar refractivity (Wildman–Crippen MR) is 65.3 cm³/mol. The summed E-state index contributed by atoms with van der Waals surface area (Å²) in [6, 6.07) is 0.277. The highest BCUT2D eigenvalue weighted by atomic mass is 16.5. The number of anilines is 1. The van der Waals surface area contributed by atoms with Crippen LogP contribution < -0.4 is 20.7 Å². The second-order valence-corrected chi connectivity index (χ2v) is 3.89. The number of rotatable bonds is 8. The summed E-state index contributed by atoms with van der Waals surface area (Å²) in [4.78, 5) is 11.7. The van der Waals surface area contributed by atoms with Crippen LogP contribution in [0.3, 0.4) is 0 Å². The van der Waals surface area contributed by atoms with E-state index in [4.69, 9.17) is 20.1 Å². The summed E-state index contributed by atoms with van der Waals surface area (Å²) in [5.41, 5.74) is 2.31. The zero-order valence-electron chi connectivity index (χ0n) is 10.8. The maximum Gasteiger partial charge on any atom is 0.324 e. The molecule has 0 aliphatic rings. The van der Waals surface area contributed by atoms with Crippen LogP contribution in [0.1, 0.15) is 13.8 Å². The zero-order valence-corrected chi connectivity index (χ0v) is 10.8. The number of nitrogen functional groups attached to an aromatic ring is 1. The summed E-state index contributed by atoms with van der Waals surface area (Å²) in [5.74, 6) is 5.89. The second kappa shape index (κ2) is 7.62. The standard InChI is InChI=1S/C10H19N5O3/c1-7(2)6-17-4-5-18-10-13-8(15-11)12-9(14-10)16-3/h7H,4-6,11H2,1-3H3,(H,12,13,14,15). The number of hydrogen-bond donors (Lipinski definition) is 2. The minimum atomic E-state index is 0.135. The lowest BCUT2D eigenvalue weighted by Crippen LogP contribution is -2.15. The number of nitrogens with two attached hydrogens (primary N) is 1. The molecule has 0 saturated heterocycles. The van der Waals surface area contributed by atoms with Crippen LogP contribution in [0.15, 0.2) is 0 Å². The van der Waals surface area contributed by atoms with Crippen molar-refractivity contribution >= 4 is 5.95 Å². The third-order valence-electron chi connectivity index (χ3n) is 1.82. The zero-order chi connectivity index (χ0) is 13.4. The first-order valence-electron chi connectivity index (χ1n) is 5.63. The van der Waals surface area contributed by atoms with E-state index in [2.05, 4.69) is 34.2 Å². The molecular weight excluding hydrogens is 238 g/mol. The van der Waals surface area contributed by atoms with Crippen LogP contribution >= 0.6 is 0 Å². The molecular formula is C10H19N5O3. The molecule has 1 heterocycles. The van der Waals surface area contributed by atoms with Crippen molar-refractivity contribution in [3.63, 3.8) is 0 Å². The Hall–Kier alpha value is -1.67. The van der Waals surface area contributed by atoms with E-state index >= 15 is 0 Å². The summed E-state index contributed by atoms with van der Waals surface area (Å²) in [7, 11) is 1.45. The Morgan fingerprint density at radius 2 is 1.89 bits per heavy atom.